The van der Waals surface area contributed by atoms with Gasteiger partial charge in [-0.05, 0) is 43.9 Å². The number of nitrogens with two attached hydrogens (primary N) is 1. The SMILES string of the molecule is Cc1cc(S(=O)(=O)NC(C)CC(C)C)cc(N)c1F. The second kappa shape index (κ2) is 5.88. The lowest BCUT2D eigenvalue weighted by molar-refractivity contribution is 0.482. The maximum absolute atomic E-state index is 13.4. The monoisotopic (exact) mass is 288 g/mol. The first kappa shape index (κ1) is 15.9. The van der Waals surface area contributed by atoms with E-state index in [1.165, 1.54) is 13.0 Å². The van der Waals surface area contributed by atoms with Gasteiger partial charge in [0, 0.05) is 6.04 Å². The third kappa shape index (κ3) is 4.18. The highest BCUT2D eigenvalue weighted by atomic mass is 32.2. The van der Waals surface area contributed by atoms with E-state index in [9.17, 15) is 12.8 Å². The van der Waals surface area contributed by atoms with Crippen LogP contribution in [-0.4, -0.2) is 14.5 Å². The quantitative estimate of drug-likeness (QED) is 0.817. The molecular formula is C13H21FN2O2S. The molecule has 1 atom stereocenters. The van der Waals surface area contributed by atoms with Crippen molar-refractivity contribution in [2.75, 3.05) is 5.73 Å². The summed E-state index contributed by atoms with van der Waals surface area (Å²) in [7, 11) is -3.66. The molecule has 0 radical (unpaired) electrons. The molecular weight excluding hydrogens is 267 g/mol. The van der Waals surface area contributed by atoms with Crippen LogP contribution >= 0.6 is 0 Å². The summed E-state index contributed by atoms with van der Waals surface area (Å²) < 4.78 is 40.3. The van der Waals surface area contributed by atoms with Crippen molar-refractivity contribution in [1.29, 1.82) is 0 Å². The lowest BCUT2D eigenvalue weighted by Crippen LogP contribution is -2.33. The van der Waals surface area contributed by atoms with Crippen molar-refractivity contribution in [3.05, 3.63) is 23.5 Å². The van der Waals surface area contributed by atoms with Gasteiger partial charge >= 0.3 is 0 Å². The summed E-state index contributed by atoms with van der Waals surface area (Å²) in [6.07, 6.45) is 0.731. The zero-order valence-electron chi connectivity index (χ0n) is 11.7. The van der Waals surface area contributed by atoms with Crippen molar-refractivity contribution in [2.45, 2.75) is 45.1 Å². The number of sulfonamides is 1. The van der Waals surface area contributed by atoms with E-state index in [2.05, 4.69) is 4.72 Å². The van der Waals surface area contributed by atoms with Crippen LogP contribution in [0, 0.1) is 18.7 Å². The fourth-order valence-corrected chi connectivity index (χ4v) is 3.38. The smallest absolute Gasteiger partial charge is 0.240 e. The molecule has 0 heterocycles. The zero-order valence-corrected chi connectivity index (χ0v) is 12.5. The second-order valence-corrected chi connectivity index (χ2v) is 7.01. The first-order chi connectivity index (χ1) is 8.63. The number of halogens is 1. The van der Waals surface area contributed by atoms with Crippen LogP contribution in [-0.2, 0) is 10.0 Å². The summed E-state index contributed by atoms with van der Waals surface area (Å²) in [4.78, 5) is -0.000457. The first-order valence-electron chi connectivity index (χ1n) is 6.21. The maximum atomic E-state index is 13.4. The molecule has 0 amide bonds. The van der Waals surface area contributed by atoms with Crippen LogP contribution in [0.3, 0.4) is 0 Å². The van der Waals surface area contributed by atoms with Crippen LogP contribution in [0.25, 0.3) is 0 Å². The molecule has 1 aromatic rings. The van der Waals surface area contributed by atoms with Crippen LogP contribution in [0.2, 0.25) is 0 Å². The molecule has 4 nitrogen and oxygen atoms in total. The summed E-state index contributed by atoms with van der Waals surface area (Å²) in [5, 5.41) is 0. The van der Waals surface area contributed by atoms with E-state index in [0.717, 1.165) is 12.5 Å². The van der Waals surface area contributed by atoms with Crippen LogP contribution in [0.1, 0.15) is 32.8 Å². The fourth-order valence-electron chi connectivity index (χ4n) is 2.01. The Labute approximate surface area is 114 Å². The Bertz CT molecular complexity index is 533. The minimum absolute atomic E-state index is 0.000457. The average molecular weight is 288 g/mol. The van der Waals surface area contributed by atoms with Crippen LogP contribution in [0.5, 0.6) is 0 Å². The van der Waals surface area contributed by atoms with E-state index in [1.54, 1.807) is 6.92 Å². The summed E-state index contributed by atoms with van der Waals surface area (Å²) in [6, 6.07) is 2.25. The minimum Gasteiger partial charge on any atom is -0.396 e. The van der Waals surface area contributed by atoms with Crippen molar-refractivity contribution in [3.63, 3.8) is 0 Å². The highest BCUT2D eigenvalue weighted by Crippen LogP contribution is 2.21. The van der Waals surface area contributed by atoms with Gasteiger partial charge in [-0.3, -0.25) is 0 Å². The molecule has 0 aliphatic rings. The van der Waals surface area contributed by atoms with E-state index in [4.69, 9.17) is 5.73 Å². The van der Waals surface area contributed by atoms with Crippen molar-refractivity contribution < 1.29 is 12.8 Å². The van der Waals surface area contributed by atoms with E-state index >= 15 is 0 Å². The standard InChI is InChI=1S/C13H21FN2O2S/c1-8(2)5-10(4)16-19(17,18)11-6-9(3)13(14)12(15)7-11/h6-8,10,16H,5,15H2,1-4H3. The predicted octanol–water partition coefficient (Wildman–Crippen LogP) is 2.43. The van der Waals surface area contributed by atoms with Gasteiger partial charge in [-0.2, -0.15) is 0 Å². The molecule has 0 aliphatic carbocycles. The van der Waals surface area contributed by atoms with Crippen molar-refractivity contribution in [2.24, 2.45) is 5.92 Å². The summed E-state index contributed by atoms with van der Waals surface area (Å²) in [6.45, 7) is 7.33. The Morgan fingerprint density at radius 3 is 2.37 bits per heavy atom. The van der Waals surface area contributed by atoms with Gasteiger partial charge in [-0.1, -0.05) is 13.8 Å². The molecule has 0 bridgehead atoms. The average Bonchev–Trinajstić information content (AvgIpc) is 2.22. The fraction of sp³-hybridized carbons (Fsp3) is 0.538. The molecule has 19 heavy (non-hydrogen) atoms. The first-order valence-corrected chi connectivity index (χ1v) is 7.69. The number of hydrogen-bond donors (Lipinski definition) is 2. The second-order valence-electron chi connectivity index (χ2n) is 5.30. The largest absolute Gasteiger partial charge is 0.396 e. The molecule has 0 fully saturated rings. The topological polar surface area (TPSA) is 72.2 Å². The molecule has 3 N–H and O–H groups in total. The normalized spacial score (nSPS) is 13.8. The number of anilines is 1. The van der Waals surface area contributed by atoms with Crippen molar-refractivity contribution >= 4 is 15.7 Å². The molecule has 0 saturated carbocycles. The third-order valence-electron chi connectivity index (χ3n) is 2.75. The molecule has 1 aromatic carbocycles. The molecule has 1 rings (SSSR count). The molecule has 0 spiro atoms. The molecule has 6 heteroatoms. The highest BCUT2D eigenvalue weighted by Gasteiger charge is 2.20. The van der Waals surface area contributed by atoms with Gasteiger partial charge in [-0.15, -0.1) is 0 Å². The Balaban J connectivity index is 3.01. The van der Waals surface area contributed by atoms with E-state index < -0.39 is 15.8 Å². The van der Waals surface area contributed by atoms with Gasteiger partial charge in [0.1, 0.15) is 5.82 Å². The maximum Gasteiger partial charge on any atom is 0.240 e. The van der Waals surface area contributed by atoms with Crippen molar-refractivity contribution in [1.82, 2.24) is 4.72 Å². The number of nitrogens with one attached hydrogen (secondary N) is 1. The van der Waals surface area contributed by atoms with Gasteiger partial charge in [0.05, 0.1) is 10.6 Å². The minimum atomic E-state index is -3.66. The molecule has 0 aromatic heterocycles. The predicted molar refractivity (Wildman–Crippen MR) is 74.8 cm³/mol. The number of aryl methyl sites for hydroxylation is 1. The van der Waals surface area contributed by atoms with Crippen LogP contribution < -0.4 is 10.5 Å². The van der Waals surface area contributed by atoms with Gasteiger partial charge < -0.3 is 5.73 Å². The third-order valence-corrected chi connectivity index (χ3v) is 4.32. The van der Waals surface area contributed by atoms with E-state index in [0.29, 0.717) is 5.92 Å². The number of benzene rings is 1. The summed E-state index contributed by atoms with van der Waals surface area (Å²) in [5.41, 5.74) is 5.53. The lowest BCUT2D eigenvalue weighted by atomic mass is 10.1. The highest BCUT2D eigenvalue weighted by molar-refractivity contribution is 7.89. The molecule has 0 aliphatic heterocycles. The van der Waals surface area contributed by atoms with Gasteiger partial charge in [0.25, 0.3) is 0 Å². The van der Waals surface area contributed by atoms with Crippen LogP contribution in [0.15, 0.2) is 17.0 Å². The zero-order chi connectivity index (χ0) is 14.8. The lowest BCUT2D eigenvalue weighted by Gasteiger charge is -2.16. The van der Waals surface area contributed by atoms with E-state index in [-0.39, 0.29) is 22.2 Å². The van der Waals surface area contributed by atoms with Crippen LogP contribution in [0.4, 0.5) is 10.1 Å². The van der Waals surface area contributed by atoms with Gasteiger partial charge in [0.15, 0.2) is 0 Å². The summed E-state index contributed by atoms with van der Waals surface area (Å²) in [5.74, 6) is -0.188. The molecule has 0 saturated heterocycles. The Morgan fingerprint density at radius 2 is 1.89 bits per heavy atom. The van der Waals surface area contributed by atoms with E-state index in [1.807, 2.05) is 13.8 Å². The molecule has 1 unspecified atom stereocenters. The number of rotatable bonds is 5. The molecule has 108 valence electrons. The number of hydrogen-bond acceptors (Lipinski definition) is 3. The van der Waals surface area contributed by atoms with Crippen molar-refractivity contribution in [3.8, 4) is 0 Å². The summed E-state index contributed by atoms with van der Waals surface area (Å²) >= 11 is 0. The Hall–Kier alpha value is -1.14. The Kier molecular flexibility index (Phi) is 4.92. The number of nitrogen functional groups attached to an aromatic ring is 1. The Morgan fingerprint density at radius 1 is 1.32 bits per heavy atom. The van der Waals surface area contributed by atoms with Gasteiger partial charge in [0.2, 0.25) is 10.0 Å². The van der Waals surface area contributed by atoms with Gasteiger partial charge in [-0.25, -0.2) is 17.5 Å².